The SMILES string of the molecule is CCOC(=O)N1CCN(C(=O)c2ccc(N)c(Cl)c2)CC1. The zero-order valence-corrected chi connectivity index (χ0v) is 12.6. The first kappa shape index (κ1) is 15.4. The van der Waals surface area contributed by atoms with Crippen LogP contribution in [0.25, 0.3) is 0 Å². The van der Waals surface area contributed by atoms with Crippen molar-refractivity contribution in [3.8, 4) is 0 Å². The van der Waals surface area contributed by atoms with Gasteiger partial charge in [0.15, 0.2) is 0 Å². The zero-order valence-electron chi connectivity index (χ0n) is 11.8. The second-order valence-electron chi connectivity index (χ2n) is 4.71. The number of hydrogen-bond acceptors (Lipinski definition) is 4. The Morgan fingerprint density at radius 2 is 1.86 bits per heavy atom. The highest BCUT2D eigenvalue weighted by Crippen LogP contribution is 2.21. The number of nitrogen functional groups attached to an aromatic ring is 1. The van der Waals surface area contributed by atoms with Crippen molar-refractivity contribution in [3.63, 3.8) is 0 Å². The summed E-state index contributed by atoms with van der Waals surface area (Å²) in [5, 5.41) is 0.367. The molecule has 2 amide bonds. The van der Waals surface area contributed by atoms with Crippen molar-refractivity contribution in [2.45, 2.75) is 6.92 Å². The first-order chi connectivity index (χ1) is 10.0. The third-order valence-corrected chi connectivity index (χ3v) is 3.67. The van der Waals surface area contributed by atoms with Gasteiger partial charge >= 0.3 is 6.09 Å². The monoisotopic (exact) mass is 311 g/mol. The number of ether oxygens (including phenoxy) is 1. The molecule has 1 aliphatic heterocycles. The van der Waals surface area contributed by atoms with Gasteiger partial charge in [0.25, 0.3) is 5.91 Å². The van der Waals surface area contributed by atoms with E-state index in [4.69, 9.17) is 22.1 Å². The summed E-state index contributed by atoms with van der Waals surface area (Å²) in [6, 6.07) is 4.84. The van der Waals surface area contributed by atoms with E-state index in [1.165, 1.54) is 0 Å². The van der Waals surface area contributed by atoms with Crippen molar-refractivity contribution in [2.24, 2.45) is 0 Å². The summed E-state index contributed by atoms with van der Waals surface area (Å²) in [7, 11) is 0. The van der Waals surface area contributed by atoms with Crippen LogP contribution in [-0.2, 0) is 4.74 Å². The Labute approximate surface area is 128 Å². The second kappa shape index (κ2) is 6.67. The highest BCUT2D eigenvalue weighted by molar-refractivity contribution is 6.33. The minimum absolute atomic E-state index is 0.111. The molecule has 1 heterocycles. The van der Waals surface area contributed by atoms with E-state index in [9.17, 15) is 9.59 Å². The Hall–Kier alpha value is -1.95. The van der Waals surface area contributed by atoms with Crippen LogP contribution in [0.5, 0.6) is 0 Å². The molecule has 0 radical (unpaired) electrons. The highest BCUT2D eigenvalue weighted by Gasteiger charge is 2.25. The van der Waals surface area contributed by atoms with E-state index >= 15 is 0 Å². The number of carbonyl (C=O) groups is 2. The lowest BCUT2D eigenvalue weighted by Crippen LogP contribution is -2.50. The number of halogens is 1. The molecule has 0 saturated carbocycles. The summed E-state index contributed by atoms with van der Waals surface area (Å²) < 4.78 is 4.94. The summed E-state index contributed by atoms with van der Waals surface area (Å²) >= 11 is 5.93. The molecular formula is C14H18ClN3O3. The first-order valence-electron chi connectivity index (χ1n) is 6.79. The Morgan fingerprint density at radius 3 is 2.43 bits per heavy atom. The van der Waals surface area contributed by atoms with E-state index in [2.05, 4.69) is 0 Å². The normalized spacial score (nSPS) is 15.0. The van der Waals surface area contributed by atoms with Crippen LogP contribution in [0.4, 0.5) is 10.5 Å². The van der Waals surface area contributed by atoms with Crippen LogP contribution in [0.2, 0.25) is 5.02 Å². The van der Waals surface area contributed by atoms with Gasteiger partial charge in [-0.3, -0.25) is 4.79 Å². The van der Waals surface area contributed by atoms with Crippen molar-refractivity contribution < 1.29 is 14.3 Å². The average Bonchev–Trinajstić information content (AvgIpc) is 2.50. The van der Waals surface area contributed by atoms with Gasteiger partial charge in [0.1, 0.15) is 0 Å². The predicted octanol–water partition coefficient (Wildman–Crippen LogP) is 1.84. The van der Waals surface area contributed by atoms with Crippen molar-refractivity contribution in [2.75, 3.05) is 38.5 Å². The van der Waals surface area contributed by atoms with E-state index in [1.54, 1.807) is 34.9 Å². The Balaban J connectivity index is 1.97. The van der Waals surface area contributed by atoms with Crippen LogP contribution in [0.1, 0.15) is 17.3 Å². The second-order valence-corrected chi connectivity index (χ2v) is 5.12. The van der Waals surface area contributed by atoms with Gasteiger partial charge in [-0.1, -0.05) is 11.6 Å². The van der Waals surface area contributed by atoms with E-state index in [1.807, 2.05) is 0 Å². The van der Waals surface area contributed by atoms with Gasteiger partial charge in [0.2, 0.25) is 0 Å². The van der Waals surface area contributed by atoms with Crippen molar-refractivity contribution >= 4 is 29.3 Å². The third-order valence-electron chi connectivity index (χ3n) is 3.34. The number of nitrogens with zero attached hydrogens (tertiary/aromatic N) is 2. The van der Waals surface area contributed by atoms with Crippen LogP contribution in [-0.4, -0.2) is 54.6 Å². The van der Waals surface area contributed by atoms with Crippen molar-refractivity contribution in [1.29, 1.82) is 0 Å². The summed E-state index contributed by atoms with van der Waals surface area (Å²) in [4.78, 5) is 27.2. The maximum Gasteiger partial charge on any atom is 0.409 e. The zero-order chi connectivity index (χ0) is 15.4. The maximum atomic E-state index is 12.4. The molecule has 6 nitrogen and oxygen atoms in total. The molecule has 0 aliphatic carbocycles. The Morgan fingerprint density at radius 1 is 1.24 bits per heavy atom. The fourth-order valence-corrected chi connectivity index (χ4v) is 2.33. The standard InChI is InChI=1S/C14H18ClN3O3/c1-2-21-14(20)18-7-5-17(6-8-18)13(19)10-3-4-12(16)11(15)9-10/h3-4,9H,2,5-8,16H2,1H3. The van der Waals surface area contributed by atoms with Gasteiger partial charge in [-0.15, -0.1) is 0 Å². The largest absolute Gasteiger partial charge is 0.450 e. The molecule has 0 spiro atoms. The topological polar surface area (TPSA) is 75.9 Å². The van der Waals surface area contributed by atoms with Crippen LogP contribution in [0.15, 0.2) is 18.2 Å². The number of rotatable bonds is 2. The Kier molecular flexibility index (Phi) is 4.90. The molecule has 0 bridgehead atoms. The summed E-state index contributed by atoms with van der Waals surface area (Å²) in [6.45, 7) is 3.99. The van der Waals surface area contributed by atoms with E-state index in [-0.39, 0.29) is 12.0 Å². The van der Waals surface area contributed by atoms with Crippen molar-refractivity contribution in [1.82, 2.24) is 9.80 Å². The molecule has 0 unspecified atom stereocenters. The van der Waals surface area contributed by atoms with Gasteiger partial charge in [-0.05, 0) is 25.1 Å². The van der Waals surface area contributed by atoms with Gasteiger partial charge in [-0.25, -0.2) is 4.79 Å². The predicted molar refractivity (Wildman–Crippen MR) is 80.4 cm³/mol. The summed E-state index contributed by atoms with van der Waals surface area (Å²) in [6.07, 6.45) is -0.333. The van der Waals surface area contributed by atoms with E-state index in [0.29, 0.717) is 49.1 Å². The van der Waals surface area contributed by atoms with Gasteiger partial charge in [0, 0.05) is 31.7 Å². The van der Waals surface area contributed by atoms with E-state index < -0.39 is 0 Å². The van der Waals surface area contributed by atoms with Crippen LogP contribution >= 0.6 is 11.6 Å². The molecule has 0 atom stereocenters. The molecule has 1 saturated heterocycles. The van der Waals surface area contributed by atoms with Gasteiger partial charge in [0.05, 0.1) is 17.3 Å². The number of hydrogen-bond donors (Lipinski definition) is 1. The number of nitrogens with two attached hydrogens (primary N) is 1. The smallest absolute Gasteiger partial charge is 0.409 e. The minimum Gasteiger partial charge on any atom is -0.450 e. The van der Waals surface area contributed by atoms with Gasteiger partial charge in [-0.2, -0.15) is 0 Å². The number of amides is 2. The number of anilines is 1. The van der Waals surface area contributed by atoms with Crippen LogP contribution in [0, 0.1) is 0 Å². The molecule has 0 aromatic heterocycles. The molecule has 7 heteroatoms. The number of carbonyl (C=O) groups excluding carboxylic acids is 2. The third kappa shape index (κ3) is 3.58. The molecule has 1 aromatic rings. The van der Waals surface area contributed by atoms with Crippen LogP contribution in [0.3, 0.4) is 0 Å². The maximum absolute atomic E-state index is 12.4. The summed E-state index contributed by atoms with van der Waals surface area (Å²) in [5.41, 5.74) is 6.58. The molecule has 1 fully saturated rings. The highest BCUT2D eigenvalue weighted by atomic mass is 35.5. The molecule has 1 aromatic carbocycles. The molecule has 114 valence electrons. The lowest BCUT2D eigenvalue weighted by Gasteiger charge is -2.34. The molecule has 1 aliphatic rings. The molecular weight excluding hydrogens is 294 g/mol. The number of benzene rings is 1. The fourth-order valence-electron chi connectivity index (χ4n) is 2.15. The lowest BCUT2D eigenvalue weighted by molar-refractivity contribution is 0.0570. The summed E-state index contributed by atoms with van der Waals surface area (Å²) in [5.74, 6) is -0.111. The van der Waals surface area contributed by atoms with Crippen LogP contribution < -0.4 is 5.73 Å². The van der Waals surface area contributed by atoms with Gasteiger partial charge < -0.3 is 20.3 Å². The van der Waals surface area contributed by atoms with Crippen molar-refractivity contribution in [3.05, 3.63) is 28.8 Å². The van der Waals surface area contributed by atoms with E-state index in [0.717, 1.165) is 0 Å². The Bertz CT molecular complexity index is 542. The molecule has 2 rings (SSSR count). The molecule has 21 heavy (non-hydrogen) atoms. The quantitative estimate of drug-likeness (QED) is 0.846. The molecule has 2 N–H and O–H groups in total. The first-order valence-corrected chi connectivity index (χ1v) is 7.16. The average molecular weight is 312 g/mol. The lowest BCUT2D eigenvalue weighted by atomic mass is 10.1. The number of piperazine rings is 1. The fraction of sp³-hybridized carbons (Fsp3) is 0.429. The minimum atomic E-state index is -0.333.